The number of carbonyl (C=O) groups is 2. The Bertz CT molecular complexity index is 999. The molecular formula is C23H29ClN2O7. The van der Waals surface area contributed by atoms with E-state index in [1.807, 2.05) is 0 Å². The van der Waals surface area contributed by atoms with Gasteiger partial charge >= 0.3 is 0 Å². The molecule has 180 valence electrons. The number of nitrogens with two attached hydrogens (primary N) is 1. The molecule has 0 aliphatic rings. The van der Waals surface area contributed by atoms with Gasteiger partial charge in [-0.15, -0.1) is 12.4 Å². The number of anilines is 1. The number of nitrogens with one attached hydrogen (secondary N) is 1. The molecule has 0 aromatic heterocycles. The normalized spacial score (nSPS) is 11.7. The Labute approximate surface area is 198 Å². The lowest BCUT2D eigenvalue weighted by molar-refractivity contribution is -0.118. The van der Waals surface area contributed by atoms with Crippen LogP contribution in [0.2, 0.25) is 0 Å². The summed E-state index contributed by atoms with van der Waals surface area (Å²) in [6.45, 7) is 1.19. The zero-order valence-corrected chi connectivity index (χ0v) is 19.9. The first kappa shape index (κ1) is 27.8. The number of allylic oxidation sites excluding steroid dienone is 1. The highest BCUT2D eigenvalue weighted by molar-refractivity contribution is 6.11. The van der Waals surface area contributed by atoms with Gasteiger partial charge in [-0.25, -0.2) is 0 Å². The lowest BCUT2D eigenvalue weighted by Gasteiger charge is -2.14. The predicted molar refractivity (Wildman–Crippen MR) is 128 cm³/mol. The molecule has 10 heteroatoms. The molecule has 0 saturated carbocycles. The molecule has 0 bridgehead atoms. The van der Waals surface area contributed by atoms with E-state index < -0.39 is 18.6 Å². The van der Waals surface area contributed by atoms with Crippen molar-refractivity contribution < 1.29 is 33.6 Å². The van der Waals surface area contributed by atoms with Gasteiger partial charge in [0.15, 0.2) is 17.3 Å². The number of amides is 1. The first-order chi connectivity index (χ1) is 15.3. The van der Waals surface area contributed by atoms with Crippen molar-refractivity contribution in [3.63, 3.8) is 0 Å². The number of aliphatic hydroxyl groups is 1. The fourth-order valence-corrected chi connectivity index (χ4v) is 2.98. The molecule has 0 unspecified atom stereocenters. The van der Waals surface area contributed by atoms with E-state index in [4.69, 9.17) is 29.8 Å². The average Bonchev–Trinajstić information content (AvgIpc) is 2.81. The van der Waals surface area contributed by atoms with E-state index in [2.05, 4.69) is 5.32 Å². The fraction of sp³-hybridized carbons (Fsp3) is 0.304. The molecule has 0 saturated heterocycles. The fourth-order valence-electron chi connectivity index (χ4n) is 2.98. The van der Waals surface area contributed by atoms with E-state index in [1.165, 1.54) is 28.4 Å². The maximum absolute atomic E-state index is 13.0. The van der Waals surface area contributed by atoms with Gasteiger partial charge < -0.3 is 35.1 Å². The number of halogens is 1. The van der Waals surface area contributed by atoms with Crippen LogP contribution in [-0.2, 0) is 4.79 Å². The Morgan fingerprint density at radius 2 is 1.58 bits per heavy atom. The maximum Gasteiger partial charge on any atom is 0.243 e. The number of benzene rings is 2. The molecule has 1 atom stereocenters. The van der Waals surface area contributed by atoms with Gasteiger partial charge in [0.1, 0.15) is 11.8 Å². The van der Waals surface area contributed by atoms with Gasteiger partial charge in [0, 0.05) is 5.56 Å². The number of hydrogen-bond acceptors (Lipinski definition) is 8. The summed E-state index contributed by atoms with van der Waals surface area (Å²) in [5.41, 5.74) is 7.38. The molecule has 2 aromatic rings. The quantitative estimate of drug-likeness (QED) is 0.349. The van der Waals surface area contributed by atoms with Crippen LogP contribution < -0.4 is 30.0 Å². The molecule has 0 aliphatic heterocycles. The Kier molecular flexibility index (Phi) is 10.7. The standard InChI is InChI=1S/C23H28N2O7.ClH/c1-13(21(27)15-10-19(30-3)22(32-5)20(11-15)31-4)8-14-6-7-18(29-2)17(9-14)25-23(28)16(24)12-26;/h6-11,16,26H,12,24H2,1-5H3,(H,25,28);1H/t16-;/m0./s1. The van der Waals surface area contributed by atoms with E-state index >= 15 is 0 Å². The van der Waals surface area contributed by atoms with Crippen molar-refractivity contribution in [3.05, 3.63) is 47.0 Å². The monoisotopic (exact) mass is 480 g/mol. The number of Topliss-reactive ketones (excluding diaryl/α,β-unsaturated/α-hetero) is 1. The average molecular weight is 481 g/mol. The van der Waals surface area contributed by atoms with E-state index in [9.17, 15) is 9.59 Å². The summed E-state index contributed by atoms with van der Waals surface area (Å²) in [5.74, 6) is 0.750. The smallest absolute Gasteiger partial charge is 0.243 e. The number of aliphatic hydroxyl groups excluding tert-OH is 1. The Balaban J connectivity index is 0.00000544. The van der Waals surface area contributed by atoms with Crippen molar-refractivity contribution in [3.8, 4) is 23.0 Å². The van der Waals surface area contributed by atoms with Crippen LogP contribution in [0.5, 0.6) is 23.0 Å². The molecule has 0 fully saturated rings. The van der Waals surface area contributed by atoms with Gasteiger partial charge in [-0.1, -0.05) is 6.07 Å². The largest absolute Gasteiger partial charge is 0.495 e. The van der Waals surface area contributed by atoms with Crippen LogP contribution in [-0.4, -0.2) is 57.9 Å². The minimum Gasteiger partial charge on any atom is -0.495 e. The zero-order chi connectivity index (χ0) is 23.8. The van der Waals surface area contributed by atoms with Gasteiger partial charge in [0.2, 0.25) is 11.7 Å². The van der Waals surface area contributed by atoms with Crippen molar-refractivity contribution >= 4 is 35.9 Å². The van der Waals surface area contributed by atoms with Crippen LogP contribution in [0.3, 0.4) is 0 Å². The second-order valence-corrected chi connectivity index (χ2v) is 6.81. The van der Waals surface area contributed by atoms with Crippen molar-refractivity contribution in [2.45, 2.75) is 13.0 Å². The molecule has 0 radical (unpaired) electrons. The topological polar surface area (TPSA) is 129 Å². The summed E-state index contributed by atoms with van der Waals surface area (Å²) in [7, 11) is 5.90. The molecule has 0 heterocycles. The molecule has 2 rings (SSSR count). The summed E-state index contributed by atoms with van der Waals surface area (Å²) in [5, 5.41) is 11.7. The van der Waals surface area contributed by atoms with E-state index in [-0.39, 0.29) is 18.2 Å². The minimum atomic E-state index is -1.07. The number of carbonyl (C=O) groups excluding carboxylic acids is 2. The van der Waals surface area contributed by atoms with Crippen LogP contribution in [0.25, 0.3) is 6.08 Å². The van der Waals surface area contributed by atoms with Gasteiger partial charge in [-0.3, -0.25) is 9.59 Å². The highest BCUT2D eigenvalue weighted by atomic mass is 35.5. The van der Waals surface area contributed by atoms with Crippen LogP contribution in [0, 0.1) is 0 Å². The van der Waals surface area contributed by atoms with Crippen LogP contribution >= 0.6 is 12.4 Å². The molecule has 0 spiro atoms. The SMILES string of the molecule is COc1ccc(C=C(C)C(=O)c2cc(OC)c(OC)c(OC)c2)cc1NC(=O)[C@@H](N)CO.Cl. The highest BCUT2D eigenvalue weighted by Gasteiger charge is 2.18. The number of methoxy groups -OCH3 is 4. The molecule has 1 amide bonds. The molecule has 33 heavy (non-hydrogen) atoms. The summed E-state index contributed by atoms with van der Waals surface area (Å²) < 4.78 is 21.2. The Morgan fingerprint density at radius 3 is 2.06 bits per heavy atom. The van der Waals surface area contributed by atoms with E-state index in [1.54, 1.807) is 43.3 Å². The van der Waals surface area contributed by atoms with E-state index in [0.717, 1.165) is 0 Å². The van der Waals surface area contributed by atoms with Crippen LogP contribution in [0.1, 0.15) is 22.8 Å². The zero-order valence-electron chi connectivity index (χ0n) is 19.1. The molecular weight excluding hydrogens is 452 g/mol. The molecule has 4 N–H and O–H groups in total. The third-order valence-corrected chi connectivity index (χ3v) is 4.68. The summed E-state index contributed by atoms with van der Waals surface area (Å²) in [6, 6.07) is 7.14. The predicted octanol–water partition coefficient (Wildman–Crippen LogP) is 2.69. The number of ketones is 1. The summed E-state index contributed by atoms with van der Waals surface area (Å²) in [4.78, 5) is 25.1. The van der Waals surface area contributed by atoms with Gasteiger partial charge in [0.25, 0.3) is 0 Å². The van der Waals surface area contributed by atoms with E-state index in [0.29, 0.717) is 45.4 Å². The summed E-state index contributed by atoms with van der Waals surface area (Å²) >= 11 is 0. The third-order valence-electron chi connectivity index (χ3n) is 4.68. The third kappa shape index (κ3) is 6.61. The maximum atomic E-state index is 13.0. The molecule has 0 aliphatic carbocycles. The number of hydrogen-bond donors (Lipinski definition) is 3. The first-order valence-corrected chi connectivity index (χ1v) is 9.67. The molecule has 2 aromatic carbocycles. The Hall–Kier alpha value is -3.27. The van der Waals surface area contributed by atoms with Gasteiger partial charge in [0.05, 0.1) is 40.7 Å². The van der Waals surface area contributed by atoms with Gasteiger partial charge in [-0.05, 0) is 48.4 Å². The Morgan fingerprint density at radius 1 is 1.00 bits per heavy atom. The van der Waals surface area contributed by atoms with Crippen molar-refractivity contribution in [2.24, 2.45) is 5.73 Å². The van der Waals surface area contributed by atoms with Crippen molar-refractivity contribution in [2.75, 3.05) is 40.4 Å². The lowest BCUT2D eigenvalue weighted by atomic mass is 10.0. The van der Waals surface area contributed by atoms with Crippen molar-refractivity contribution in [1.82, 2.24) is 0 Å². The summed E-state index contributed by atoms with van der Waals surface area (Å²) in [6.07, 6.45) is 1.67. The molecule has 9 nitrogen and oxygen atoms in total. The first-order valence-electron chi connectivity index (χ1n) is 9.67. The van der Waals surface area contributed by atoms with Crippen LogP contribution in [0.15, 0.2) is 35.9 Å². The lowest BCUT2D eigenvalue weighted by Crippen LogP contribution is -2.38. The second kappa shape index (κ2) is 12.7. The van der Waals surface area contributed by atoms with Crippen molar-refractivity contribution in [1.29, 1.82) is 0 Å². The highest BCUT2D eigenvalue weighted by Crippen LogP contribution is 2.38. The minimum absolute atomic E-state index is 0. The number of ether oxygens (including phenoxy) is 4. The number of rotatable bonds is 10. The second-order valence-electron chi connectivity index (χ2n) is 6.81. The van der Waals surface area contributed by atoms with Crippen LogP contribution in [0.4, 0.5) is 5.69 Å². The van der Waals surface area contributed by atoms with Gasteiger partial charge in [-0.2, -0.15) is 0 Å².